The number of furan rings is 1. The van der Waals surface area contributed by atoms with Crippen molar-refractivity contribution in [2.45, 2.75) is 32.1 Å². The molecule has 0 aliphatic carbocycles. The zero-order valence-corrected chi connectivity index (χ0v) is 17.8. The minimum atomic E-state index is -0.251. The highest BCUT2D eigenvalue weighted by atomic mass is 16.5. The van der Waals surface area contributed by atoms with E-state index in [1.54, 1.807) is 23.3 Å². The lowest BCUT2D eigenvalue weighted by Crippen LogP contribution is -2.45. The lowest BCUT2D eigenvalue weighted by atomic mass is 10.2. The molecule has 2 heterocycles. The molecule has 2 aromatic rings. The fraction of sp³-hybridized carbons (Fsp3) is 0.417. The molecule has 0 saturated carbocycles. The highest BCUT2D eigenvalue weighted by Crippen LogP contribution is 2.16. The molecule has 0 radical (unpaired) electrons. The van der Waals surface area contributed by atoms with Crippen LogP contribution in [0.25, 0.3) is 0 Å². The van der Waals surface area contributed by atoms with Crippen molar-refractivity contribution >= 4 is 11.8 Å². The predicted molar refractivity (Wildman–Crippen MR) is 116 cm³/mol. The number of hydrogen-bond acceptors (Lipinski definition) is 5. The van der Waals surface area contributed by atoms with E-state index in [-0.39, 0.29) is 37.6 Å². The second-order valence-electron chi connectivity index (χ2n) is 7.53. The van der Waals surface area contributed by atoms with E-state index in [9.17, 15) is 9.59 Å². The Morgan fingerprint density at radius 3 is 2.65 bits per heavy atom. The van der Waals surface area contributed by atoms with Gasteiger partial charge in [-0.25, -0.2) is 0 Å². The number of benzene rings is 1. The van der Waals surface area contributed by atoms with Crippen molar-refractivity contribution in [1.82, 2.24) is 9.80 Å². The van der Waals surface area contributed by atoms with Gasteiger partial charge in [0.25, 0.3) is 0 Å². The second kappa shape index (κ2) is 12.1. The van der Waals surface area contributed by atoms with Crippen LogP contribution in [0.3, 0.4) is 0 Å². The maximum Gasteiger partial charge on any atom is 0.249 e. The fourth-order valence-corrected chi connectivity index (χ4v) is 3.47. The minimum Gasteiger partial charge on any atom is -0.467 e. The Morgan fingerprint density at radius 1 is 1.13 bits per heavy atom. The van der Waals surface area contributed by atoms with Crippen molar-refractivity contribution < 1.29 is 23.5 Å². The number of carbonyl (C=O) groups excluding carboxylic acids is 2. The lowest BCUT2D eigenvalue weighted by molar-refractivity contribution is -0.144. The van der Waals surface area contributed by atoms with Crippen molar-refractivity contribution in [1.29, 1.82) is 0 Å². The van der Waals surface area contributed by atoms with Crippen LogP contribution in [0.1, 0.15) is 24.2 Å². The van der Waals surface area contributed by atoms with Gasteiger partial charge in [0.2, 0.25) is 11.8 Å². The zero-order chi connectivity index (χ0) is 21.9. The number of nitrogens with zero attached hydrogens (tertiary/aromatic N) is 2. The van der Waals surface area contributed by atoms with Crippen LogP contribution in [0.2, 0.25) is 0 Å². The molecule has 1 unspecified atom stereocenters. The van der Waals surface area contributed by atoms with Crippen molar-refractivity contribution in [3.05, 3.63) is 72.7 Å². The maximum atomic E-state index is 13.1. The summed E-state index contributed by atoms with van der Waals surface area (Å²) in [6.07, 6.45) is 5.12. The van der Waals surface area contributed by atoms with Gasteiger partial charge in [0.1, 0.15) is 18.9 Å². The number of rotatable bonds is 12. The Kier molecular flexibility index (Phi) is 8.87. The molecule has 0 bridgehead atoms. The van der Waals surface area contributed by atoms with Gasteiger partial charge in [-0.1, -0.05) is 36.4 Å². The van der Waals surface area contributed by atoms with E-state index < -0.39 is 0 Å². The highest BCUT2D eigenvalue weighted by molar-refractivity contribution is 5.85. The van der Waals surface area contributed by atoms with Crippen molar-refractivity contribution in [3.63, 3.8) is 0 Å². The number of amides is 2. The molecule has 1 aliphatic rings. The largest absolute Gasteiger partial charge is 0.467 e. The zero-order valence-electron chi connectivity index (χ0n) is 17.8. The molecule has 166 valence electrons. The van der Waals surface area contributed by atoms with E-state index in [0.717, 1.165) is 18.4 Å². The Morgan fingerprint density at radius 2 is 1.97 bits per heavy atom. The molecule has 1 saturated heterocycles. The summed E-state index contributed by atoms with van der Waals surface area (Å²) in [6.45, 7) is 5.70. The molecule has 1 fully saturated rings. The molecule has 0 N–H and O–H groups in total. The summed E-state index contributed by atoms with van der Waals surface area (Å²) in [4.78, 5) is 28.9. The van der Waals surface area contributed by atoms with E-state index in [1.807, 2.05) is 36.4 Å². The van der Waals surface area contributed by atoms with Crippen molar-refractivity contribution in [2.24, 2.45) is 0 Å². The van der Waals surface area contributed by atoms with Gasteiger partial charge >= 0.3 is 0 Å². The Bertz CT molecular complexity index is 816. The Labute approximate surface area is 183 Å². The summed E-state index contributed by atoms with van der Waals surface area (Å²) >= 11 is 0. The first kappa shape index (κ1) is 22.8. The number of carbonyl (C=O) groups is 2. The lowest BCUT2D eigenvalue weighted by Gasteiger charge is -2.28. The van der Waals surface area contributed by atoms with Crippen LogP contribution in [0.4, 0.5) is 0 Å². The molecule has 7 heteroatoms. The van der Waals surface area contributed by atoms with Gasteiger partial charge in [0.05, 0.1) is 25.5 Å². The Balaban J connectivity index is 1.57. The first-order valence-electron chi connectivity index (χ1n) is 10.6. The second-order valence-corrected chi connectivity index (χ2v) is 7.53. The van der Waals surface area contributed by atoms with Crippen molar-refractivity contribution in [2.75, 3.05) is 32.8 Å². The van der Waals surface area contributed by atoms with Gasteiger partial charge in [0.15, 0.2) is 0 Å². The third-order valence-corrected chi connectivity index (χ3v) is 5.09. The quantitative estimate of drug-likeness (QED) is 0.488. The van der Waals surface area contributed by atoms with Gasteiger partial charge < -0.3 is 23.7 Å². The van der Waals surface area contributed by atoms with E-state index in [0.29, 0.717) is 32.1 Å². The van der Waals surface area contributed by atoms with Gasteiger partial charge in [0, 0.05) is 19.7 Å². The fourth-order valence-electron chi connectivity index (χ4n) is 3.47. The molecule has 7 nitrogen and oxygen atoms in total. The first-order valence-corrected chi connectivity index (χ1v) is 10.6. The maximum absolute atomic E-state index is 13.1. The molecule has 3 rings (SSSR count). The number of ether oxygens (including phenoxy) is 2. The first-order chi connectivity index (χ1) is 15.2. The van der Waals surface area contributed by atoms with E-state index in [2.05, 4.69) is 6.58 Å². The van der Waals surface area contributed by atoms with Gasteiger partial charge in [-0.05, 0) is 30.5 Å². The van der Waals surface area contributed by atoms with Crippen LogP contribution in [0, 0.1) is 0 Å². The summed E-state index contributed by atoms with van der Waals surface area (Å²) in [6, 6.07) is 13.3. The molecule has 1 aromatic heterocycles. The summed E-state index contributed by atoms with van der Waals surface area (Å²) < 4.78 is 16.7. The third-order valence-electron chi connectivity index (χ3n) is 5.09. The molecule has 0 spiro atoms. The average molecular weight is 427 g/mol. The van der Waals surface area contributed by atoms with Gasteiger partial charge in [-0.15, -0.1) is 6.58 Å². The summed E-state index contributed by atoms with van der Waals surface area (Å²) in [5.74, 6) is 0.281. The standard InChI is InChI=1S/C24H30N2O5/c1-2-12-25(24(28)19-29-18-20-8-4-3-5-9-20)17-23(27)26(15-21-10-6-13-30-21)16-22-11-7-14-31-22/h2-6,8-10,13,22H,1,7,11-12,14-19H2. The van der Waals surface area contributed by atoms with Crippen molar-refractivity contribution in [3.8, 4) is 0 Å². The van der Waals surface area contributed by atoms with Gasteiger partial charge in [-0.3, -0.25) is 9.59 Å². The van der Waals surface area contributed by atoms with Gasteiger partial charge in [-0.2, -0.15) is 0 Å². The summed E-state index contributed by atoms with van der Waals surface area (Å²) in [7, 11) is 0. The van der Waals surface area contributed by atoms with Crippen LogP contribution in [-0.4, -0.2) is 60.6 Å². The highest BCUT2D eigenvalue weighted by Gasteiger charge is 2.26. The summed E-state index contributed by atoms with van der Waals surface area (Å²) in [5, 5.41) is 0. The smallest absolute Gasteiger partial charge is 0.249 e. The number of hydrogen-bond donors (Lipinski definition) is 0. The summed E-state index contributed by atoms with van der Waals surface area (Å²) in [5.41, 5.74) is 0.989. The van der Waals surface area contributed by atoms with Crippen LogP contribution < -0.4 is 0 Å². The molecule has 31 heavy (non-hydrogen) atoms. The van der Waals surface area contributed by atoms with E-state index in [1.165, 1.54) is 4.90 Å². The SMILES string of the molecule is C=CCN(CC(=O)N(Cc1ccco1)CC1CCCO1)C(=O)COCc1ccccc1. The van der Waals surface area contributed by atoms with Crippen LogP contribution >= 0.6 is 0 Å². The van der Waals surface area contributed by atoms with Crippen LogP contribution in [0.5, 0.6) is 0 Å². The average Bonchev–Trinajstić information content (AvgIpc) is 3.48. The van der Waals surface area contributed by atoms with Crippen LogP contribution in [-0.2, 0) is 32.2 Å². The molecule has 1 aromatic carbocycles. The molecule has 1 aliphatic heterocycles. The minimum absolute atomic E-state index is 0.0108. The molecular formula is C24H30N2O5. The topological polar surface area (TPSA) is 72.2 Å². The monoisotopic (exact) mass is 426 g/mol. The van der Waals surface area contributed by atoms with Crippen LogP contribution in [0.15, 0.2) is 65.8 Å². The third kappa shape index (κ3) is 7.38. The van der Waals surface area contributed by atoms with E-state index >= 15 is 0 Å². The predicted octanol–water partition coefficient (Wildman–Crippen LogP) is 3.02. The Hall–Kier alpha value is -2.90. The van der Waals surface area contributed by atoms with E-state index in [4.69, 9.17) is 13.9 Å². The molecule has 2 amide bonds. The molecular weight excluding hydrogens is 396 g/mol. The molecule has 1 atom stereocenters. The normalized spacial score (nSPS) is 15.5.